The van der Waals surface area contributed by atoms with Gasteiger partial charge in [0.25, 0.3) is 0 Å². The van der Waals surface area contributed by atoms with E-state index in [2.05, 4.69) is 9.89 Å². The van der Waals surface area contributed by atoms with Gasteiger partial charge in [0.2, 0.25) is 0 Å². The third-order valence-corrected chi connectivity index (χ3v) is 3.68. The van der Waals surface area contributed by atoms with Crippen molar-refractivity contribution in [3.8, 4) is 0 Å². The molecule has 130 valence electrons. The average Bonchev–Trinajstić information content (AvgIpc) is 2.42. The first-order chi connectivity index (χ1) is 9.76. The molecular formula is C15H31IN4O2. The van der Waals surface area contributed by atoms with Gasteiger partial charge in [-0.05, 0) is 46.5 Å². The molecule has 1 saturated heterocycles. The zero-order chi connectivity index (χ0) is 16.0. The van der Waals surface area contributed by atoms with Crippen molar-refractivity contribution in [3.05, 3.63) is 0 Å². The molecule has 1 fully saturated rings. The molecule has 0 spiro atoms. The number of aliphatic imine (C=N–C) groups is 1. The van der Waals surface area contributed by atoms with Crippen molar-refractivity contribution in [2.75, 3.05) is 33.2 Å². The number of piperidine rings is 1. The maximum absolute atomic E-state index is 12.1. The molecule has 0 aromatic heterocycles. The van der Waals surface area contributed by atoms with E-state index in [4.69, 9.17) is 10.5 Å². The molecule has 0 aromatic carbocycles. The topological polar surface area (TPSA) is 71.2 Å². The summed E-state index contributed by atoms with van der Waals surface area (Å²) in [4.78, 5) is 20.0. The third-order valence-electron chi connectivity index (χ3n) is 3.68. The summed E-state index contributed by atoms with van der Waals surface area (Å²) in [5, 5.41) is 0. The average molecular weight is 426 g/mol. The zero-order valence-electron chi connectivity index (χ0n) is 14.5. The van der Waals surface area contributed by atoms with Gasteiger partial charge in [-0.3, -0.25) is 4.99 Å². The van der Waals surface area contributed by atoms with E-state index in [1.165, 1.54) is 0 Å². The van der Waals surface area contributed by atoms with Crippen molar-refractivity contribution in [2.45, 2.75) is 46.1 Å². The number of nitrogens with zero attached hydrogens (tertiary/aromatic N) is 3. The number of guanidine groups is 1. The Morgan fingerprint density at radius 2 is 1.91 bits per heavy atom. The van der Waals surface area contributed by atoms with Crippen LogP contribution in [0.2, 0.25) is 0 Å². The van der Waals surface area contributed by atoms with Gasteiger partial charge >= 0.3 is 6.09 Å². The van der Waals surface area contributed by atoms with Crippen LogP contribution in [0.15, 0.2) is 4.99 Å². The first-order valence-electron chi connectivity index (χ1n) is 7.72. The molecule has 0 aliphatic carbocycles. The van der Waals surface area contributed by atoms with Crippen molar-refractivity contribution in [1.82, 2.24) is 9.80 Å². The third kappa shape index (κ3) is 7.02. The summed E-state index contributed by atoms with van der Waals surface area (Å²) < 4.78 is 5.45. The van der Waals surface area contributed by atoms with Crippen LogP contribution < -0.4 is 5.73 Å². The number of likely N-dealkylation sites (tertiary alicyclic amines) is 1. The highest BCUT2D eigenvalue weighted by atomic mass is 127. The molecule has 2 N–H and O–H groups in total. The Kier molecular flexibility index (Phi) is 9.11. The van der Waals surface area contributed by atoms with Gasteiger partial charge in [-0.1, -0.05) is 0 Å². The maximum atomic E-state index is 12.1. The number of rotatable bonds is 3. The number of carbonyl (C=O) groups excluding carboxylic acids is 1. The highest BCUT2D eigenvalue weighted by Crippen LogP contribution is 2.19. The van der Waals surface area contributed by atoms with Crippen LogP contribution in [0.1, 0.15) is 40.5 Å². The van der Waals surface area contributed by atoms with Crippen LogP contribution >= 0.6 is 24.0 Å². The lowest BCUT2D eigenvalue weighted by atomic mass is 9.96. The molecule has 0 bridgehead atoms. The Balaban J connectivity index is 0.00000441. The minimum atomic E-state index is -0.445. The first-order valence-corrected chi connectivity index (χ1v) is 7.72. The highest BCUT2D eigenvalue weighted by molar-refractivity contribution is 14.0. The second-order valence-corrected chi connectivity index (χ2v) is 6.53. The van der Waals surface area contributed by atoms with Crippen LogP contribution in [-0.4, -0.2) is 60.7 Å². The first kappa shape index (κ1) is 21.3. The van der Waals surface area contributed by atoms with E-state index < -0.39 is 5.60 Å². The molecule has 1 amide bonds. The number of ether oxygens (including phenoxy) is 1. The summed E-state index contributed by atoms with van der Waals surface area (Å²) >= 11 is 0. The molecule has 1 rings (SSSR count). The molecule has 0 aromatic rings. The van der Waals surface area contributed by atoms with Gasteiger partial charge < -0.3 is 20.3 Å². The van der Waals surface area contributed by atoms with E-state index in [0.717, 1.165) is 32.5 Å². The van der Waals surface area contributed by atoms with Crippen LogP contribution in [-0.2, 0) is 4.74 Å². The summed E-state index contributed by atoms with van der Waals surface area (Å²) in [6.07, 6.45) is 1.83. The largest absolute Gasteiger partial charge is 0.444 e. The molecule has 1 heterocycles. The molecule has 0 saturated carbocycles. The Morgan fingerprint density at radius 1 is 1.36 bits per heavy atom. The Hall–Kier alpha value is -0.730. The monoisotopic (exact) mass is 426 g/mol. The van der Waals surface area contributed by atoms with Crippen molar-refractivity contribution in [3.63, 3.8) is 0 Å². The van der Waals surface area contributed by atoms with Crippen molar-refractivity contribution >= 4 is 36.0 Å². The van der Waals surface area contributed by atoms with Crippen molar-refractivity contribution < 1.29 is 9.53 Å². The van der Waals surface area contributed by atoms with E-state index in [0.29, 0.717) is 18.4 Å². The fraction of sp³-hybridized carbons (Fsp3) is 0.867. The predicted octanol–water partition coefficient (Wildman–Crippen LogP) is 2.52. The fourth-order valence-electron chi connectivity index (χ4n) is 2.46. The second kappa shape index (κ2) is 9.42. The predicted molar refractivity (Wildman–Crippen MR) is 101 cm³/mol. The standard InChI is InChI=1S/C15H30N4O2.HI/c1-6-18(14(20)21-15(2,3)4)11-12-7-9-19(10-8-12)13(16)17-5;/h12H,6-11H2,1-5H3,(H2,16,17);1H. The quantitative estimate of drug-likeness (QED) is 0.428. The van der Waals surface area contributed by atoms with Crippen LogP contribution in [0.3, 0.4) is 0 Å². The smallest absolute Gasteiger partial charge is 0.410 e. The van der Waals surface area contributed by atoms with Gasteiger partial charge in [0, 0.05) is 33.2 Å². The second-order valence-electron chi connectivity index (χ2n) is 6.53. The lowest BCUT2D eigenvalue weighted by Gasteiger charge is -2.35. The maximum Gasteiger partial charge on any atom is 0.410 e. The van der Waals surface area contributed by atoms with E-state index in [1.54, 1.807) is 11.9 Å². The van der Waals surface area contributed by atoms with Crippen LogP contribution in [0, 0.1) is 5.92 Å². The van der Waals surface area contributed by atoms with Crippen molar-refractivity contribution in [1.29, 1.82) is 0 Å². The zero-order valence-corrected chi connectivity index (χ0v) is 16.8. The molecule has 0 unspecified atom stereocenters. The van der Waals surface area contributed by atoms with E-state index >= 15 is 0 Å². The molecule has 7 heteroatoms. The van der Waals surface area contributed by atoms with Crippen LogP contribution in [0.4, 0.5) is 4.79 Å². The lowest BCUT2D eigenvalue weighted by Crippen LogP contribution is -2.46. The summed E-state index contributed by atoms with van der Waals surface area (Å²) in [7, 11) is 1.71. The van der Waals surface area contributed by atoms with E-state index in [9.17, 15) is 4.79 Å². The molecule has 6 nitrogen and oxygen atoms in total. The van der Waals surface area contributed by atoms with Gasteiger partial charge in [-0.2, -0.15) is 0 Å². The normalized spacial score (nSPS) is 17.0. The number of halogens is 1. The van der Waals surface area contributed by atoms with E-state index in [1.807, 2.05) is 27.7 Å². The molecule has 1 aliphatic heterocycles. The summed E-state index contributed by atoms with van der Waals surface area (Å²) in [6, 6.07) is 0. The van der Waals surface area contributed by atoms with Crippen LogP contribution in [0.5, 0.6) is 0 Å². The minimum absolute atomic E-state index is 0. The van der Waals surface area contributed by atoms with Crippen molar-refractivity contribution in [2.24, 2.45) is 16.6 Å². The lowest BCUT2D eigenvalue weighted by molar-refractivity contribution is 0.0214. The van der Waals surface area contributed by atoms with Gasteiger partial charge in [0.15, 0.2) is 5.96 Å². The number of carbonyl (C=O) groups is 1. The molecule has 1 aliphatic rings. The number of hydrogen-bond donors (Lipinski definition) is 1. The molecule has 0 radical (unpaired) electrons. The molecule has 0 atom stereocenters. The Bertz CT molecular complexity index is 374. The number of nitrogens with two attached hydrogens (primary N) is 1. The number of amides is 1. The van der Waals surface area contributed by atoms with Crippen LogP contribution in [0.25, 0.3) is 0 Å². The van der Waals surface area contributed by atoms with Gasteiger partial charge in [0.05, 0.1) is 0 Å². The van der Waals surface area contributed by atoms with E-state index in [-0.39, 0.29) is 30.1 Å². The summed E-state index contributed by atoms with van der Waals surface area (Å²) in [5.41, 5.74) is 5.39. The Morgan fingerprint density at radius 3 is 2.32 bits per heavy atom. The summed E-state index contributed by atoms with van der Waals surface area (Å²) in [5.74, 6) is 1.10. The highest BCUT2D eigenvalue weighted by Gasteiger charge is 2.26. The molecule has 22 heavy (non-hydrogen) atoms. The SMILES string of the molecule is CCN(CC1CCN(C(N)=NC)CC1)C(=O)OC(C)(C)C.I. The van der Waals surface area contributed by atoms with Gasteiger partial charge in [-0.25, -0.2) is 4.79 Å². The molecular weight excluding hydrogens is 395 g/mol. The fourth-order valence-corrected chi connectivity index (χ4v) is 2.46. The minimum Gasteiger partial charge on any atom is -0.444 e. The number of hydrogen-bond acceptors (Lipinski definition) is 3. The Labute approximate surface area is 151 Å². The summed E-state index contributed by atoms with van der Waals surface area (Å²) in [6.45, 7) is 10.9. The van der Waals surface area contributed by atoms with Gasteiger partial charge in [0.1, 0.15) is 5.60 Å². The van der Waals surface area contributed by atoms with Gasteiger partial charge in [-0.15, -0.1) is 24.0 Å².